The summed E-state index contributed by atoms with van der Waals surface area (Å²) >= 11 is 0. The molecule has 0 bridgehead atoms. The lowest BCUT2D eigenvalue weighted by Gasteiger charge is -2.29. The Morgan fingerprint density at radius 3 is 1.60 bits per heavy atom. The molecule has 0 saturated carbocycles. The molecule has 3 aromatic heterocycles. The van der Waals surface area contributed by atoms with Crippen LogP contribution in [0.3, 0.4) is 0 Å². The molecule has 0 spiro atoms. The topological polar surface area (TPSA) is 34.5 Å². The lowest BCUT2D eigenvalue weighted by molar-refractivity contribution is 0.669. The predicted molar refractivity (Wildman–Crippen MR) is 258 cm³/mol. The van der Waals surface area contributed by atoms with Crippen LogP contribution in [0.25, 0.3) is 104 Å². The molecule has 3 heterocycles. The van der Waals surface area contributed by atoms with Crippen LogP contribution in [-0.2, 0) is 0 Å². The Hall–Kier alpha value is -8.34. The molecule has 0 aliphatic rings. The fourth-order valence-corrected chi connectivity index (χ4v) is 9.81. The summed E-state index contributed by atoms with van der Waals surface area (Å²) in [5.41, 5.74) is 14.3. The van der Waals surface area contributed by atoms with Gasteiger partial charge in [0, 0.05) is 65.8 Å². The van der Waals surface area contributed by atoms with Crippen LogP contribution >= 0.6 is 0 Å². The summed E-state index contributed by atoms with van der Waals surface area (Å²) < 4.78 is 15.8. The van der Waals surface area contributed by atoms with Crippen molar-refractivity contribution >= 4 is 93.5 Å². The van der Waals surface area contributed by atoms with Gasteiger partial charge in [0.25, 0.3) is 0 Å². The molecule has 62 heavy (non-hydrogen) atoms. The molecule has 4 heteroatoms. The van der Waals surface area contributed by atoms with Crippen LogP contribution in [0.5, 0.6) is 0 Å². The van der Waals surface area contributed by atoms with E-state index >= 15 is 0 Å². The number of fused-ring (bicyclic) bond motifs is 10. The zero-order chi connectivity index (χ0) is 40.7. The third-order valence-corrected chi connectivity index (χ3v) is 12.6. The summed E-state index contributed by atoms with van der Waals surface area (Å²) in [6.07, 6.45) is 0. The summed E-state index contributed by atoms with van der Waals surface area (Å²) in [6, 6.07) is 78.0. The maximum Gasteiger partial charge on any atom is 0.143 e. The summed E-state index contributed by atoms with van der Waals surface area (Å²) in [5, 5.41) is 9.15. The van der Waals surface area contributed by atoms with E-state index in [1.54, 1.807) is 0 Å². The van der Waals surface area contributed by atoms with Crippen molar-refractivity contribution in [3.05, 3.63) is 218 Å². The molecule has 13 aromatic rings. The molecule has 0 atom stereocenters. The van der Waals surface area contributed by atoms with Crippen molar-refractivity contribution in [2.45, 2.75) is 0 Å². The summed E-state index contributed by atoms with van der Waals surface area (Å²) in [7, 11) is 0. The third-order valence-electron chi connectivity index (χ3n) is 12.6. The Kier molecular flexibility index (Phi) is 7.57. The van der Waals surface area contributed by atoms with E-state index in [9.17, 15) is 0 Å². The van der Waals surface area contributed by atoms with E-state index in [1.165, 1.54) is 27.2 Å². The minimum atomic E-state index is 0.858. The Morgan fingerprint density at radius 1 is 0.339 bits per heavy atom. The largest absolute Gasteiger partial charge is 0.455 e. The van der Waals surface area contributed by atoms with Crippen LogP contribution in [0.15, 0.2) is 227 Å². The Morgan fingerprint density at radius 2 is 0.855 bits per heavy atom. The molecule has 13 rings (SSSR count). The summed E-state index contributed by atoms with van der Waals surface area (Å²) in [5.74, 6) is 0. The van der Waals surface area contributed by atoms with Crippen molar-refractivity contribution in [3.63, 3.8) is 0 Å². The van der Waals surface area contributed by atoms with Crippen LogP contribution in [0.2, 0.25) is 0 Å². The quantitative estimate of drug-likeness (QED) is 0.168. The van der Waals surface area contributed by atoms with Crippen molar-refractivity contribution in [1.82, 2.24) is 4.57 Å². The number of anilines is 3. The number of hydrogen-bond donors (Lipinski definition) is 0. The molecule has 0 aliphatic carbocycles. The normalized spacial score (nSPS) is 11.9. The van der Waals surface area contributed by atoms with E-state index in [0.717, 1.165) is 94.3 Å². The first-order valence-electron chi connectivity index (χ1n) is 21.1. The van der Waals surface area contributed by atoms with Gasteiger partial charge in [-0.05, 0) is 71.6 Å². The maximum atomic E-state index is 6.81. The fraction of sp³-hybridized carbons (Fsp3) is 0. The first-order valence-corrected chi connectivity index (χ1v) is 21.1. The molecular formula is C58H36N2O2. The number of para-hydroxylation sites is 6. The zero-order valence-electron chi connectivity index (χ0n) is 33.5. The minimum Gasteiger partial charge on any atom is -0.455 e. The summed E-state index contributed by atoms with van der Waals surface area (Å²) in [6.45, 7) is 0. The molecule has 0 amide bonds. The molecule has 0 unspecified atom stereocenters. The van der Waals surface area contributed by atoms with Gasteiger partial charge >= 0.3 is 0 Å². The van der Waals surface area contributed by atoms with Crippen LogP contribution in [0, 0.1) is 0 Å². The van der Waals surface area contributed by atoms with Gasteiger partial charge in [0.1, 0.15) is 22.3 Å². The monoisotopic (exact) mass is 792 g/mol. The highest BCUT2D eigenvalue weighted by Crippen LogP contribution is 2.49. The van der Waals surface area contributed by atoms with Crippen LogP contribution < -0.4 is 4.90 Å². The number of furan rings is 2. The number of hydrogen-bond acceptors (Lipinski definition) is 3. The van der Waals surface area contributed by atoms with Gasteiger partial charge in [0.2, 0.25) is 0 Å². The zero-order valence-corrected chi connectivity index (χ0v) is 33.5. The third kappa shape index (κ3) is 5.20. The van der Waals surface area contributed by atoms with Crippen molar-refractivity contribution in [2.75, 3.05) is 4.90 Å². The lowest BCUT2D eigenvalue weighted by Crippen LogP contribution is -2.12. The number of aromatic nitrogens is 1. The maximum absolute atomic E-state index is 6.81. The molecular weight excluding hydrogens is 757 g/mol. The first kappa shape index (κ1) is 34.5. The molecule has 0 fully saturated rings. The van der Waals surface area contributed by atoms with E-state index in [1.807, 2.05) is 12.1 Å². The molecule has 4 nitrogen and oxygen atoms in total. The Balaban J connectivity index is 1.07. The average Bonchev–Trinajstić information content (AvgIpc) is 4.02. The van der Waals surface area contributed by atoms with Crippen molar-refractivity contribution < 1.29 is 8.83 Å². The second-order valence-electron chi connectivity index (χ2n) is 16.0. The number of nitrogens with zero attached hydrogens (tertiary/aromatic N) is 2. The Labute approximate surface area is 356 Å². The molecule has 290 valence electrons. The molecule has 0 saturated heterocycles. The van der Waals surface area contributed by atoms with Gasteiger partial charge in [0.05, 0.1) is 22.4 Å². The predicted octanol–water partition coefficient (Wildman–Crippen LogP) is 16.5. The van der Waals surface area contributed by atoms with E-state index in [4.69, 9.17) is 8.83 Å². The first-order chi connectivity index (χ1) is 30.8. The standard InChI is InChI=1S/C58H36N2O2/c1-2-17-41-37(15-1)16-13-28-51(41)60(54-27-10-5-20-44(54)47-23-14-24-48-45-21-6-11-29-55(45)61-57(47)48)40-35-49(58-50(36-40)46-22-7-12-30-56(46)62-58)38-31-33-39(34-32-38)59-52-25-8-3-18-42(52)43-19-4-9-26-53(43)59/h1-36H. The second-order valence-corrected chi connectivity index (χ2v) is 16.0. The molecule has 0 N–H and O–H groups in total. The van der Waals surface area contributed by atoms with Gasteiger partial charge in [-0.1, -0.05) is 158 Å². The van der Waals surface area contributed by atoms with Crippen molar-refractivity contribution in [1.29, 1.82) is 0 Å². The Bertz CT molecular complexity index is 3830. The van der Waals surface area contributed by atoms with Gasteiger partial charge < -0.3 is 18.3 Å². The van der Waals surface area contributed by atoms with Crippen LogP contribution in [0.1, 0.15) is 0 Å². The highest BCUT2D eigenvalue weighted by molar-refractivity contribution is 6.15. The fourth-order valence-electron chi connectivity index (χ4n) is 9.81. The minimum absolute atomic E-state index is 0.858. The van der Waals surface area contributed by atoms with E-state index in [-0.39, 0.29) is 0 Å². The lowest BCUT2D eigenvalue weighted by atomic mass is 9.97. The highest BCUT2D eigenvalue weighted by Gasteiger charge is 2.24. The van der Waals surface area contributed by atoms with Gasteiger partial charge in [-0.25, -0.2) is 0 Å². The average molecular weight is 793 g/mol. The molecule has 10 aromatic carbocycles. The smallest absolute Gasteiger partial charge is 0.143 e. The van der Waals surface area contributed by atoms with Crippen molar-refractivity contribution in [3.8, 4) is 27.9 Å². The van der Waals surface area contributed by atoms with E-state index in [2.05, 4.69) is 216 Å². The highest BCUT2D eigenvalue weighted by atomic mass is 16.3. The van der Waals surface area contributed by atoms with E-state index in [0.29, 0.717) is 0 Å². The number of benzene rings is 10. The van der Waals surface area contributed by atoms with Crippen molar-refractivity contribution in [2.24, 2.45) is 0 Å². The number of rotatable bonds is 6. The molecule has 0 radical (unpaired) electrons. The summed E-state index contributed by atoms with van der Waals surface area (Å²) in [4.78, 5) is 2.43. The van der Waals surface area contributed by atoms with Gasteiger partial charge in [-0.15, -0.1) is 0 Å². The second kappa shape index (κ2) is 13.6. The van der Waals surface area contributed by atoms with Gasteiger partial charge in [0.15, 0.2) is 0 Å². The van der Waals surface area contributed by atoms with Crippen LogP contribution in [-0.4, -0.2) is 4.57 Å². The molecule has 0 aliphatic heterocycles. The van der Waals surface area contributed by atoms with Crippen LogP contribution in [0.4, 0.5) is 17.1 Å². The van der Waals surface area contributed by atoms with Gasteiger partial charge in [-0.2, -0.15) is 0 Å². The SMILES string of the molecule is c1ccc(N(c2cc(-c3ccc(-n4c5ccccc5c5ccccc54)cc3)c3oc4ccccc4c3c2)c2cccc3ccccc23)c(-c2cccc3c2oc2ccccc23)c1. The van der Waals surface area contributed by atoms with E-state index < -0.39 is 0 Å². The van der Waals surface area contributed by atoms with Gasteiger partial charge in [-0.3, -0.25) is 0 Å².